The molecule has 0 radical (unpaired) electrons. The molecule has 64 heavy (non-hydrogen) atoms. The van der Waals surface area contributed by atoms with Crippen molar-refractivity contribution in [2.24, 2.45) is 5.92 Å². The molecule has 1 aromatic heterocycles. The quantitative estimate of drug-likeness (QED) is 0.136. The molecule has 3 heteroatoms. The second-order valence-electron chi connectivity index (χ2n) is 17.0. The minimum atomic E-state index is 0.255. The summed E-state index contributed by atoms with van der Waals surface area (Å²) in [5, 5.41) is 2.40. The summed E-state index contributed by atoms with van der Waals surface area (Å²) in [7, 11) is 0. The van der Waals surface area contributed by atoms with Crippen molar-refractivity contribution in [1.82, 2.24) is 4.57 Å². The molecule has 0 fully saturated rings. The molecule has 0 N–H and O–H groups in total. The molecule has 11 rings (SSSR count). The summed E-state index contributed by atoms with van der Waals surface area (Å²) in [5.41, 5.74) is 16.8. The van der Waals surface area contributed by atoms with E-state index < -0.39 is 0 Å². The first-order valence-corrected chi connectivity index (χ1v) is 22.5. The van der Waals surface area contributed by atoms with Crippen LogP contribution in [0, 0.1) is 5.92 Å². The molecule has 0 saturated carbocycles. The van der Waals surface area contributed by atoms with E-state index in [1.54, 1.807) is 0 Å². The van der Waals surface area contributed by atoms with E-state index >= 15 is 0 Å². The molecule has 1 heterocycles. The highest BCUT2D eigenvalue weighted by Crippen LogP contribution is 2.44. The second kappa shape index (κ2) is 17.1. The number of rotatable bonds is 10. The number of hydrogen-bond donors (Lipinski definition) is 0. The lowest BCUT2D eigenvalue weighted by Gasteiger charge is -2.26. The molecule has 3 nitrogen and oxygen atoms in total. The molecule has 308 valence electrons. The fourth-order valence-electron chi connectivity index (χ4n) is 9.69. The van der Waals surface area contributed by atoms with Gasteiger partial charge in [-0.15, -0.1) is 0 Å². The number of anilines is 6. The Morgan fingerprint density at radius 3 is 1.41 bits per heavy atom. The van der Waals surface area contributed by atoms with E-state index in [4.69, 9.17) is 0 Å². The van der Waals surface area contributed by atoms with Gasteiger partial charge in [-0.25, -0.2) is 0 Å². The second-order valence-corrected chi connectivity index (χ2v) is 17.0. The van der Waals surface area contributed by atoms with E-state index in [2.05, 4.69) is 264 Å². The number of para-hydroxylation sites is 4. The van der Waals surface area contributed by atoms with Crippen LogP contribution in [-0.4, -0.2) is 4.57 Å². The van der Waals surface area contributed by atoms with Crippen molar-refractivity contribution in [1.29, 1.82) is 0 Å². The maximum atomic E-state index is 2.47. The molecular weight excluding hydrogens is 775 g/mol. The Kier molecular flexibility index (Phi) is 10.4. The van der Waals surface area contributed by atoms with Crippen LogP contribution in [0.3, 0.4) is 0 Å². The fraction of sp³-hybridized carbons (Fsp3) is 0.0820. The number of nitrogens with zero attached hydrogens (tertiary/aromatic N) is 3. The van der Waals surface area contributed by atoms with Crippen LogP contribution in [0.5, 0.6) is 0 Å². The molecule has 0 aliphatic heterocycles. The Bertz CT molecular complexity index is 3000. The normalized spacial score (nSPS) is 15.8. The summed E-state index contributed by atoms with van der Waals surface area (Å²) < 4.78 is 2.47. The van der Waals surface area contributed by atoms with Gasteiger partial charge in [-0.2, -0.15) is 0 Å². The average Bonchev–Trinajstić information content (AvgIpc) is 3.69. The van der Waals surface area contributed by atoms with Gasteiger partial charge in [0, 0.05) is 56.5 Å². The van der Waals surface area contributed by atoms with Gasteiger partial charge in [-0.05, 0) is 144 Å². The summed E-state index contributed by atoms with van der Waals surface area (Å²) in [6, 6.07) is 74.8. The maximum Gasteiger partial charge on any atom is 0.0542 e. The van der Waals surface area contributed by atoms with Crippen LogP contribution in [0.25, 0.3) is 44.2 Å². The minimum absolute atomic E-state index is 0.255. The van der Waals surface area contributed by atoms with Gasteiger partial charge in [-0.1, -0.05) is 153 Å². The topological polar surface area (TPSA) is 11.4 Å². The average molecular weight is 824 g/mol. The Morgan fingerprint density at radius 2 is 0.938 bits per heavy atom. The van der Waals surface area contributed by atoms with E-state index in [1.807, 2.05) is 0 Å². The summed E-state index contributed by atoms with van der Waals surface area (Å²) in [6.45, 7) is 2.31. The van der Waals surface area contributed by atoms with Crippen molar-refractivity contribution in [3.63, 3.8) is 0 Å². The lowest BCUT2D eigenvalue weighted by molar-refractivity contribution is 0.748. The van der Waals surface area contributed by atoms with Crippen molar-refractivity contribution in [3.8, 4) is 11.1 Å². The predicted molar refractivity (Wildman–Crippen MR) is 272 cm³/mol. The van der Waals surface area contributed by atoms with Crippen molar-refractivity contribution >= 4 is 67.2 Å². The first-order chi connectivity index (χ1) is 31.6. The molecule has 9 aromatic rings. The highest BCUT2D eigenvalue weighted by molar-refractivity contribution is 6.13. The third-order valence-electron chi connectivity index (χ3n) is 12.8. The zero-order chi connectivity index (χ0) is 42.8. The Labute approximate surface area is 376 Å². The number of aromatic nitrogens is 1. The molecule has 8 aromatic carbocycles. The van der Waals surface area contributed by atoms with E-state index in [0.29, 0.717) is 5.92 Å². The molecular formula is C61H49N3. The van der Waals surface area contributed by atoms with E-state index in [-0.39, 0.29) is 5.92 Å². The standard InChI is InChI=1S/C61H49N3/c1-44-18-17-21-47(38-44)50-40-48(45-19-7-2-8-20-45)39-49(41-50)46-30-32-55(33-31-46)64-60-36-34-56(62(51-22-9-3-10-23-51)52-24-11-4-12-25-52)42-58(60)59-43-57(35-37-61(59)64)63(53-26-13-5-14-27-53)54-28-15-6-16-29-54/h2-30,32-37,39-44,46H,31,38H2,1H3. The molecule has 0 spiro atoms. The molecule has 2 atom stereocenters. The van der Waals surface area contributed by atoms with Crippen molar-refractivity contribution < 1.29 is 0 Å². The van der Waals surface area contributed by atoms with Gasteiger partial charge >= 0.3 is 0 Å². The monoisotopic (exact) mass is 823 g/mol. The smallest absolute Gasteiger partial charge is 0.0542 e. The number of fused-ring (bicyclic) bond motifs is 3. The molecule has 0 amide bonds. The van der Waals surface area contributed by atoms with E-state index in [0.717, 1.165) is 47.0 Å². The van der Waals surface area contributed by atoms with Gasteiger partial charge in [0.15, 0.2) is 0 Å². The van der Waals surface area contributed by atoms with Gasteiger partial charge in [0.05, 0.1) is 11.0 Å². The van der Waals surface area contributed by atoms with Gasteiger partial charge in [-0.3, -0.25) is 0 Å². The first kappa shape index (κ1) is 39.0. The Morgan fingerprint density at radius 1 is 0.453 bits per heavy atom. The third kappa shape index (κ3) is 7.56. The Hall–Kier alpha value is -7.88. The molecule has 2 unspecified atom stereocenters. The Balaban J connectivity index is 1.05. The highest BCUT2D eigenvalue weighted by Gasteiger charge is 2.22. The van der Waals surface area contributed by atoms with Gasteiger partial charge < -0.3 is 14.4 Å². The van der Waals surface area contributed by atoms with Crippen LogP contribution < -0.4 is 9.80 Å². The molecule has 2 aliphatic carbocycles. The summed E-state index contributed by atoms with van der Waals surface area (Å²) in [4.78, 5) is 4.71. The number of allylic oxidation sites excluding steroid dienone is 8. The van der Waals surface area contributed by atoms with Crippen molar-refractivity contribution in [2.75, 3.05) is 9.80 Å². The van der Waals surface area contributed by atoms with Gasteiger partial charge in [0.2, 0.25) is 0 Å². The summed E-state index contributed by atoms with van der Waals surface area (Å²) >= 11 is 0. The van der Waals surface area contributed by atoms with Crippen LogP contribution in [0.2, 0.25) is 0 Å². The lowest BCUT2D eigenvalue weighted by Crippen LogP contribution is -2.09. The largest absolute Gasteiger partial charge is 0.310 e. The zero-order valence-corrected chi connectivity index (χ0v) is 36.0. The highest BCUT2D eigenvalue weighted by atomic mass is 15.1. The summed E-state index contributed by atoms with van der Waals surface area (Å²) in [5.74, 6) is 0.784. The first-order valence-electron chi connectivity index (χ1n) is 22.5. The van der Waals surface area contributed by atoms with Crippen molar-refractivity contribution in [2.45, 2.75) is 25.7 Å². The minimum Gasteiger partial charge on any atom is -0.310 e. The predicted octanol–water partition coefficient (Wildman–Crippen LogP) is 17.0. The van der Waals surface area contributed by atoms with Crippen LogP contribution in [0.4, 0.5) is 34.1 Å². The third-order valence-corrected chi connectivity index (χ3v) is 12.8. The van der Waals surface area contributed by atoms with Crippen molar-refractivity contribution in [3.05, 3.63) is 254 Å². The van der Waals surface area contributed by atoms with Crippen LogP contribution in [0.15, 0.2) is 243 Å². The zero-order valence-electron chi connectivity index (χ0n) is 36.0. The van der Waals surface area contributed by atoms with Crippen LogP contribution in [-0.2, 0) is 0 Å². The molecule has 2 aliphatic rings. The molecule has 0 saturated heterocycles. The van der Waals surface area contributed by atoms with Gasteiger partial charge in [0.1, 0.15) is 0 Å². The van der Waals surface area contributed by atoms with E-state index in [1.165, 1.54) is 55.3 Å². The number of hydrogen-bond acceptors (Lipinski definition) is 2. The van der Waals surface area contributed by atoms with Crippen LogP contribution >= 0.6 is 0 Å². The van der Waals surface area contributed by atoms with Crippen LogP contribution in [0.1, 0.15) is 36.8 Å². The fourth-order valence-corrected chi connectivity index (χ4v) is 9.69. The number of benzene rings is 8. The van der Waals surface area contributed by atoms with Gasteiger partial charge in [0.25, 0.3) is 0 Å². The summed E-state index contributed by atoms with van der Waals surface area (Å²) in [6.07, 6.45) is 16.0. The van der Waals surface area contributed by atoms with E-state index in [9.17, 15) is 0 Å². The molecule has 0 bridgehead atoms. The SMILES string of the molecule is CC1C=CC=C(c2cc(-c3ccccc3)cc(C3C=CC(n4c5ccc(N(c6ccccc6)c6ccccc6)cc5c5cc(N(c6ccccc6)c6ccccc6)ccc54)=CC3)c2)C1. The lowest BCUT2D eigenvalue weighted by atomic mass is 9.84. The maximum absolute atomic E-state index is 2.47.